The van der Waals surface area contributed by atoms with E-state index in [1.54, 1.807) is 0 Å². The smallest absolute Gasteiger partial charge is 0.195 e. The lowest BCUT2D eigenvalue weighted by Crippen LogP contribution is -2.07. The molecule has 0 spiro atoms. The first-order valence-electron chi connectivity index (χ1n) is 4.77. The maximum absolute atomic E-state index is 5.28. The molecule has 0 atom stereocenters. The van der Waals surface area contributed by atoms with Gasteiger partial charge in [-0.3, -0.25) is 10.8 Å². The molecule has 5 nitrogen and oxygen atoms in total. The number of hydrogen-bond donors (Lipinski definition) is 2. The zero-order valence-corrected chi connectivity index (χ0v) is 9.62. The van der Waals surface area contributed by atoms with E-state index in [1.807, 2.05) is 35.9 Å². The average molecular weight is 236 g/mol. The van der Waals surface area contributed by atoms with Gasteiger partial charge in [-0.2, -0.15) is 5.10 Å². The molecule has 0 amide bonds. The largest absolute Gasteiger partial charge is 0.479 e. The van der Waals surface area contributed by atoms with Crippen LogP contribution in [0.25, 0.3) is 11.4 Å². The van der Waals surface area contributed by atoms with Crippen molar-refractivity contribution in [2.45, 2.75) is 0 Å². The van der Waals surface area contributed by atoms with Crippen molar-refractivity contribution in [3.8, 4) is 17.1 Å². The highest BCUT2D eigenvalue weighted by Gasteiger charge is 2.05. The van der Waals surface area contributed by atoms with Crippen molar-refractivity contribution in [3.63, 3.8) is 0 Å². The Labute approximate surface area is 97.9 Å². The maximum atomic E-state index is 5.28. The molecule has 0 unspecified atom stereocenters. The summed E-state index contributed by atoms with van der Waals surface area (Å²) in [6.45, 7) is 0.172. The van der Waals surface area contributed by atoms with Gasteiger partial charge in [-0.15, -0.1) is 0 Å². The van der Waals surface area contributed by atoms with Crippen molar-refractivity contribution in [2.24, 2.45) is 12.8 Å². The van der Waals surface area contributed by atoms with Gasteiger partial charge in [-0.05, 0) is 36.5 Å². The molecule has 1 heterocycles. The average Bonchev–Trinajstić information content (AvgIpc) is 2.62. The van der Waals surface area contributed by atoms with E-state index in [4.69, 9.17) is 22.7 Å². The second kappa shape index (κ2) is 4.46. The lowest BCUT2D eigenvalue weighted by Gasteiger charge is -2.04. The van der Waals surface area contributed by atoms with Crippen LogP contribution in [-0.4, -0.2) is 21.5 Å². The van der Waals surface area contributed by atoms with E-state index in [1.165, 1.54) is 0 Å². The summed E-state index contributed by atoms with van der Waals surface area (Å²) in [6, 6.07) is 7.52. The fourth-order valence-electron chi connectivity index (χ4n) is 1.40. The SMILES string of the molecule is Cn1c(-c2ccc(OCN)cc2)n[nH]c1=S. The van der Waals surface area contributed by atoms with Gasteiger partial charge in [-0.25, -0.2) is 0 Å². The molecule has 1 aromatic heterocycles. The fourth-order valence-corrected chi connectivity index (χ4v) is 1.53. The number of aromatic nitrogens is 3. The quantitative estimate of drug-likeness (QED) is 0.625. The number of benzene rings is 1. The van der Waals surface area contributed by atoms with Crippen molar-refractivity contribution < 1.29 is 4.74 Å². The maximum Gasteiger partial charge on any atom is 0.195 e. The van der Waals surface area contributed by atoms with Crippen molar-refractivity contribution >= 4 is 12.2 Å². The number of nitrogens with two attached hydrogens (primary N) is 1. The van der Waals surface area contributed by atoms with E-state index in [2.05, 4.69) is 10.2 Å². The molecule has 3 N–H and O–H groups in total. The zero-order valence-electron chi connectivity index (χ0n) is 8.80. The molecule has 0 fully saturated rings. The molecule has 0 aliphatic rings. The topological polar surface area (TPSA) is 68.9 Å². The Hall–Kier alpha value is -1.66. The number of rotatable bonds is 3. The van der Waals surface area contributed by atoms with E-state index in [0.717, 1.165) is 17.1 Å². The molecule has 0 radical (unpaired) electrons. The molecule has 0 saturated carbocycles. The van der Waals surface area contributed by atoms with Gasteiger partial charge >= 0.3 is 0 Å². The highest BCUT2D eigenvalue weighted by molar-refractivity contribution is 7.71. The predicted octanol–water partition coefficient (Wildman–Crippen LogP) is 1.44. The van der Waals surface area contributed by atoms with E-state index in [-0.39, 0.29) is 6.73 Å². The van der Waals surface area contributed by atoms with Crippen LogP contribution in [0.2, 0.25) is 0 Å². The number of H-pyrrole nitrogens is 1. The van der Waals surface area contributed by atoms with Gasteiger partial charge in [0, 0.05) is 12.6 Å². The van der Waals surface area contributed by atoms with Gasteiger partial charge in [-0.1, -0.05) is 0 Å². The van der Waals surface area contributed by atoms with Crippen LogP contribution in [0.1, 0.15) is 0 Å². The molecule has 2 aromatic rings. The Balaban J connectivity index is 2.35. The van der Waals surface area contributed by atoms with Crippen LogP contribution < -0.4 is 10.5 Å². The third-order valence-electron chi connectivity index (χ3n) is 2.24. The lowest BCUT2D eigenvalue weighted by molar-refractivity contribution is 0.330. The van der Waals surface area contributed by atoms with Gasteiger partial charge < -0.3 is 9.30 Å². The van der Waals surface area contributed by atoms with E-state index in [9.17, 15) is 0 Å². The molecule has 0 aliphatic carbocycles. The van der Waals surface area contributed by atoms with Gasteiger partial charge in [0.05, 0.1) is 0 Å². The highest BCUT2D eigenvalue weighted by Crippen LogP contribution is 2.19. The summed E-state index contributed by atoms with van der Waals surface area (Å²) in [7, 11) is 1.87. The first-order chi connectivity index (χ1) is 7.72. The summed E-state index contributed by atoms with van der Waals surface area (Å²) in [5.74, 6) is 1.53. The third-order valence-corrected chi connectivity index (χ3v) is 2.61. The monoisotopic (exact) mass is 236 g/mol. The molecule has 0 bridgehead atoms. The molecule has 0 aliphatic heterocycles. The van der Waals surface area contributed by atoms with Crippen LogP contribution in [0.15, 0.2) is 24.3 Å². The minimum Gasteiger partial charge on any atom is -0.479 e. The van der Waals surface area contributed by atoms with Crippen molar-refractivity contribution in [1.82, 2.24) is 14.8 Å². The first-order valence-corrected chi connectivity index (χ1v) is 5.18. The summed E-state index contributed by atoms with van der Waals surface area (Å²) in [5, 5.41) is 6.88. The van der Waals surface area contributed by atoms with Gasteiger partial charge in [0.25, 0.3) is 0 Å². The van der Waals surface area contributed by atoms with Crippen LogP contribution in [0.3, 0.4) is 0 Å². The minimum absolute atomic E-state index is 0.172. The summed E-state index contributed by atoms with van der Waals surface area (Å²) in [4.78, 5) is 0. The summed E-state index contributed by atoms with van der Waals surface area (Å²) in [5.41, 5.74) is 6.25. The summed E-state index contributed by atoms with van der Waals surface area (Å²) < 4.78 is 7.56. The van der Waals surface area contributed by atoms with Crippen molar-refractivity contribution in [3.05, 3.63) is 29.0 Å². The van der Waals surface area contributed by atoms with Crippen LogP contribution in [-0.2, 0) is 7.05 Å². The standard InChI is InChI=1S/C10H12N4OS/c1-14-9(12-13-10(14)16)7-2-4-8(5-3-7)15-6-11/h2-5H,6,11H2,1H3,(H,13,16). The minimum atomic E-state index is 0.172. The fraction of sp³-hybridized carbons (Fsp3) is 0.200. The molecule has 6 heteroatoms. The van der Waals surface area contributed by atoms with Gasteiger partial charge in [0.2, 0.25) is 0 Å². The normalized spacial score (nSPS) is 10.4. The molecule has 2 rings (SSSR count). The Morgan fingerprint density at radius 2 is 2.12 bits per heavy atom. The summed E-state index contributed by atoms with van der Waals surface area (Å²) in [6.07, 6.45) is 0. The molecule has 16 heavy (non-hydrogen) atoms. The second-order valence-corrected chi connectivity index (χ2v) is 3.63. The second-order valence-electron chi connectivity index (χ2n) is 3.25. The van der Waals surface area contributed by atoms with Crippen LogP contribution in [0.5, 0.6) is 5.75 Å². The summed E-state index contributed by atoms with van der Waals surface area (Å²) >= 11 is 5.05. The predicted molar refractivity (Wildman–Crippen MR) is 63.5 cm³/mol. The van der Waals surface area contributed by atoms with Crippen molar-refractivity contribution in [2.75, 3.05) is 6.73 Å². The van der Waals surface area contributed by atoms with Crippen LogP contribution in [0, 0.1) is 4.77 Å². The zero-order chi connectivity index (χ0) is 11.5. The number of aromatic amines is 1. The first kappa shape index (κ1) is 10.8. The number of nitrogens with zero attached hydrogens (tertiary/aromatic N) is 2. The number of hydrogen-bond acceptors (Lipinski definition) is 4. The van der Waals surface area contributed by atoms with E-state index >= 15 is 0 Å². The van der Waals surface area contributed by atoms with Crippen LogP contribution in [0.4, 0.5) is 0 Å². The van der Waals surface area contributed by atoms with Gasteiger partial charge in [0.1, 0.15) is 12.5 Å². The third kappa shape index (κ3) is 1.98. The highest BCUT2D eigenvalue weighted by atomic mass is 32.1. The van der Waals surface area contributed by atoms with E-state index in [0.29, 0.717) is 4.77 Å². The molecule has 84 valence electrons. The Kier molecular flexibility index (Phi) is 3.02. The Bertz CT molecular complexity index is 528. The Morgan fingerprint density at radius 1 is 1.44 bits per heavy atom. The molecular formula is C10H12N4OS. The lowest BCUT2D eigenvalue weighted by atomic mass is 10.2. The van der Waals surface area contributed by atoms with Crippen LogP contribution >= 0.6 is 12.2 Å². The number of ether oxygens (including phenoxy) is 1. The molecule has 0 saturated heterocycles. The number of nitrogens with one attached hydrogen (secondary N) is 1. The van der Waals surface area contributed by atoms with Gasteiger partial charge in [0.15, 0.2) is 10.6 Å². The molecule has 1 aromatic carbocycles. The van der Waals surface area contributed by atoms with Crippen molar-refractivity contribution in [1.29, 1.82) is 0 Å². The molecular weight excluding hydrogens is 224 g/mol. The Morgan fingerprint density at radius 3 is 2.62 bits per heavy atom. The van der Waals surface area contributed by atoms with E-state index < -0.39 is 0 Å².